The molecule has 0 spiro atoms. The summed E-state index contributed by atoms with van der Waals surface area (Å²) in [6.07, 6.45) is 4.07. The lowest BCUT2D eigenvalue weighted by atomic mass is 9.95. The number of carbonyl (C=O) groups is 1. The van der Waals surface area contributed by atoms with Crippen LogP contribution in [0.15, 0.2) is 35.1 Å². The maximum absolute atomic E-state index is 12.3. The Morgan fingerprint density at radius 2 is 2.04 bits per heavy atom. The maximum Gasteiger partial charge on any atom is 0.261 e. The molecule has 132 valence electrons. The normalized spacial score (nSPS) is 13.3. The van der Waals surface area contributed by atoms with E-state index in [1.54, 1.807) is 17.8 Å². The second-order valence-corrected chi connectivity index (χ2v) is 7.56. The fourth-order valence-corrected chi connectivity index (χ4v) is 4.06. The van der Waals surface area contributed by atoms with Gasteiger partial charge in [0.2, 0.25) is 0 Å². The number of hydrogen-bond acceptors (Lipinski definition) is 3. The van der Waals surface area contributed by atoms with Crippen LogP contribution in [0, 0.1) is 6.92 Å². The van der Waals surface area contributed by atoms with E-state index in [1.807, 2.05) is 12.1 Å². The van der Waals surface area contributed by atoms with Gasteiger partial charge >= 0.3 is 0 Å². The Balaban J connectivity index is 1.50. The molecule has 25 heavy (non-hydrogen) atoms. The molecular weight excluding hydrogens is 332 g/mol. The van der Waals surface area contributed by atoms with Gasteiger partial charge in [0.1, 0.15) is 5.56 Å². The number of H-pyrrole nitrogens is 1. The summed E-state index contributed by atoms with van der Waals surface area (Å²) in [6, 6.07) is 10.1. The van der Waals surface area contributed by atoms with Crippen LogP contribution < -0.4 is 10.9 Å². The Kier molecular flexibility index (Phi) is 5.97. The fraction of sp³-hybridized carbons (Fsp3) is 0.400. The van der Waals surface area contributed by atoms with E-state index in [9.17, 15) is 9.59 Å². The van der Waals surface area contributed by atoms with Gasteiger partial charge in [-0.05, 0) is 55.4 Å². The maximum atomic E-state index is 12.3. The van der Waals surface area contributed by atoms with Crippen molar-refractivity contribution in [2.45, 2.75) is 38.4 Å². The van der Waals surface area contributed by atoms with E-state index in [0.717, 1.165) is 48.4 Å². The van der Waals surface area contributed by atoms with Crippen molar-refractivity contribution in [2.75, 3.05) is 12.3 Å². The van der Waals surface area contributed by atoms with Crippen LogP contribution >= 0.6 is 11.8 Å². The molecule has 0 bridgehead atoms. The number of aryl methyl sites for hydroxylation is 3. The Morgan fingerprint density at radius 3 is 2.88 bits per heavy atom. The smallest absolute Gasteiger partial charge is 0.261 e. The zero-order chi connectivity index (χ0) is 17.6. The van der Waals surface area contributed by atoms with E-state index < -0.39 is 0 Å². The number of carbonyl (C=O) groups excluding carboxylic acids is 1. The Morgan fingerprint density at radius 1 is 1.24 bits per heavy atom. The molecule has 2 aromatic rings. The molecule has 5 heteroatoms. The van der Waals surface area contributed by atoms with Gasteiger partial charge in [-0.25, -0.2) is 0 Å². The first-order valence-electron chi connectivity index (χ1n) is 8.80. The molecule has 1 aromatic heterocycles. The van der Waals surface area contributed by atoms with Crippen molar-refractivity contribution in [3.63, 3.8) is 0 Å². The number of benzene rings is 1. The highest BCUT2D eigenvalue weighted by Gasteiger charge is 2.16. The van der Waals surface area contributed by atoms with Crippen LogP contribution in [0.25, 0.3) is 0 Å². The van der Waals surface area contributed by atoms with Crippen molar-refractivity contribution in [3.8, 4) is 0 Å². The van der Waals surface area contributed by atoms with E-state index in [-0.39, 0.29) is 17.0 Å². The highest BCUT2D eigenvalue weighted by atomic mass is 32.2. The van der Waals surface area contributed by atoms with Gasteiger partial charge in [0.25, 0.3) is 11.5 Å². The minimum atomic E-state index is -0.272. The quantitative estimate of drug-likeness (QED) is 0.781. The second-order valence-electron chi connectivity index (χ2n) is 6.46. The zero-order valence-corrected chi connectivity index (χ0v) is 15.4. The molecule has 1 aromatic carbocycles. The van der Waals surface area contributed by atoms with Crippen LogP contribution in [0.3, 0.4) is 0 Å². The third-order valence-electron chi connectivity index (χ3n) is 4.63. The summed E-state index contributed by atoms with van der Waals surface area (Å²) in [4.78, 5) is 27.3. The highest BCUT2D eigenvalue weighted by Crippen LogP contribution is 2.18. The number of aromatic amines is 1. The summed E-state index contributed by atoms with van der Waals surface area (Å²) in [5.41, 5.74) is 4.70. The largest absolute Gasteiger partial charge is 0.351 e. The van der Waals surface area contributed by atoms with E-state index in [2.05, 4.69) is 29.4 Å². The number of aromatic nitrogens is 1. The third-order valence-corrected chi connectivity index (χ3v) is 5.64. The summed E-state index contributed by atoms with van der Waals surface area (Å²) in [5.74, 6) is 1.48. The minimum Gasteiger partial charge on any atom is -0.351 e. The predicted molar refractivity (Wildman–Crippen MR) is 103 cm³/mol. The van der Waals surface area contributed by atoms with Crippen LogP contribution in [0.4, 0.5) is 0 Å². The van der Waals surface area contributed by atoms with E-state index in [1.165, 1.54) is 11.1 Å². The predicted octanol–water partition coefficient (Wildman–Crippen LogP) is 3.23. The number of amides is 1. The van der Waals surface area contributed by atoms with Crippen LogP contribution in [-0.4, -0.2) is 23.2 Å². The number of rotatable bonds is 6. The molecule has 1 aliphatic rings. The van der Waals surface area contributed by atoms with Gasteiger partial charge < -0.3 is 10.3 Å². The molecule has 0 atom stereocenters. The van der Waals surface area contributed by atoms with Gasteiger partial charge in [-0.2, -0.15) is 11.8 Å². The molecule has 0 unspecified atom stereocenters. The molecule has 2 N–H and O–H groups in total. The van der Waals surface area contributed by atoms with Crippen LogP contribution in [0.1, 0.15) is 45.6 Å². The van der Waals surface area contributed by atoms with Crippen LogP contribution in [0.5, 0.6) is 0 Å². The van der Waals surface area contributed by atoms with Crippen molar-refractivity contribution in [1.29, 1.82) is 0 Å². The minimum absolute atomic E-state index is 0.240. The van der Waals surface area contributed by atoms with Crippen LogP contribution in [0.2, 0.25) is 0 Å². The van der Waals surface area contributed by atoms with Gasteiger partial charge in [0.15, 0.2) is 0 Å². The van der Waals surface area contributed by atoms with Gasteiger partial charge in [-0.3, -0.25) is 9.59 Å². The van der Waals surface area contributed by atoms with Gasteiger partial charge in [0.05, 0.1) is 0 Å². The second kappa shape index (κ2) is 8.39. The van der Waals surface area contributed by atoms with Crippen molar-refractivity contribution in [2.24, 2.45) is 0 Å². The number of pyridine rings is 1. The zero-order valence-electron chi connectivity index (χ0n) is 14.6. The van der Waals surface area contributed by atoms with Crippen molar-refractivity contribution in [1.82, 2.24) is 10.3 Å². The summed E-state index contributed by atoms with van der Waals surface area (Å²) in [5, 5.41) is 2.87. The molecule has 4 nitrogen and oxygen atoms in total. The van der Waals surface area contributed by atoms with Gasteiger partial charge in [-0.1, -0.05) is 24.3 Å². The molecule has 1 amide bonds. The number of hydrogen-bond donors (Lipinski definition) is 2. The monoisotopic (exact) mass is 356 g/mol. The van der Waals surface area contributed by atoms with Gasteiger partial charge in [-0.15, -0.1) is 0 Å². The molecule has 0 saturated carbocycles. The SMILES string of the molecule is Cc1ccccc1CSCCNC(=O)c1cc2c([nH]c1=O)CCCC2. The molecular formula is C20H24N2O2S. The lowest BCUT2D eigenvalue weighted by molar-refractivity contribution is 0.0954. The Labute approximate surface area is 152 Å². The Bertz CT molecular complexity index is 814. The standard InChI is InChI=1S/C20H24N2O2S/c1-14-6-2-3-8-16(14)13-25-11-10-21-19(23)17-12-15-7-4-5-9-18(15)22-20(17)24/h2-3,6,8,12H,4-5,7,9-11,13H2,1H3,(H,21,23)(H,22,24). The van der Waals surface area contributed by atoms with Crippen molar-refractivity contribution in [3.05, 3.63) is 68.6 Å². The molecule has 1 aliphatic carbocycles. The summed E-state index contributed by atoms with van der Waals surface area (Å²) in [7, 11) is 0. The van der Waals surface area contributed by atoms with Gasteiger partial charge in [0, 0.05) is 23.7 Å². The van der Waals surface area contributed by atoms with E-state index >= 15 is 0 Å². The lowest BCUT2D eigenvalue weighted by Crippen LogP contribution is -2.32. The van der Waals surface area contributed by atoms with Crippen molar-refractivity contribution >= 4 is 17.7 Å². The molecule has 3 rings (SSSR count). The van der Waals surface area contributed by atoms with Crippen LogP contribution in [-0.2, 0) is 18.6 Å². The van der Waals surface area contributed by atoms with E-state index in [0.29, 0.717) is 6.54 Å². The summed E-state index contributed by atoms with van der Waals surface area (Å²) in [6.45, 7) is 2.67. The number of nitrogens with one attached hydrogen (secondary N) is 2. The Hall–Kier alpha value is -2.01. The number of thioether (sulfide) groups is 1. The summed E-state index contributed by atoms with van der Waals surface area (Å²) >= 11 is 1.78. The molecule has 0 fully saturated rings. The molecule has 0 aliphatic heterocycles. The first-order chi connectivity index (χ1) is 12.1. The lowest BCUT2D eigenvalue weighted by Gasteiger charge is -2.15. The fourth-order valence-electron chi connectivity index (χ4n) is 3.13. The molecule has 1 heterocycles. The average molecular weight is 356 g/mol. The third kappa shape index (κ3) is 4.54. The van der Waals surface area contributed by atoms with E-state index in [4.69, 9.17) is 0 Å². The first-order valence-corrected chi connectivity index (χ1v) is 9.96. The molecule has 0 saturated heterocycles. The highest BCUT2D eigenvalue weighted by molar-refractivity contribution is 7.98. The van der Waals surface area contributed by atoms with Crippen molar-refractivity contribution < 1.29 is 4.79 Å². The average Bonchev–Trinajstić information content (AvgIpc) is 2.62. The number of fused-ring (bicyclic) bond motifs is 1. The topological polar surface area (TPSA) is 62.0 Å². The molecule has 0 radical (unpaired) electrons. The summed E-state index contributed by atoms with van der Waals surface area (Å²) < 4.78 is 0. The first kappa shape index (κ1) is 17.8.